The van der Waals surface area contributed by atoms with Gasteiger partial charge >= 0.3 is 0 Å². The number of aryl methyl sites for hydroxylation is 1. The summed E-state index contributed by atoms with van der Waals surface area (Å²) in [7, 11) is 5.56. The Bertz CT molecular complexity index is 989. The average molecular weight is 365 g/mol. The van der Waals surface area contributed by atoms with Gasteiger partial charge in [-0.1, -0.05) is 12.1 Å². The quantitative estimate of drug-likeness (QED) is 0.711. The van der Waals surface area contributed by atoms with E-state index in [4.69, 9.17) is 9.72 Å². The van der Waals surface area contributed by atoms with Crippen LogP contribution in [0.5, 0.6) is 5.75 Å². The zero-order chi connectivity index (χ0) is 19.0. The summed E-state index contributed by atoms with van der Waals surface area (Å²) in [6, 6.07) is 9.58. The SMILES string of the molecule is COc1cccc(-c2cc(C(=O)N3CCN(C)CC3)c3cnn(C)c3n2)c1. The van der Waals surface area contributed by atoms with Gasteiger partial charge in [-0.05, 0) is 25.2 Å². The molecule has 140 valence electrons. The number of amides is 1. The van der Waals surface area contributed by atoms with Gasteiger partial charge in [-0.3, -0.25) is 9.48 Å². The lowest BCUT2D eigenvalue weighted by Gasteiger charge is -2.32. The summed E-state index contributed by atoms with van der Waals surface area (Å²) in [6.45, 7) is 3.23. The second-order valence-corrected chi connectivity index (χ2v) is 6.89. The van der Waals surface area contributed by atoms with Gasteiger partial charge in [0.25, 0.3) is 5.91 Å². The van der Waals surface area contributed by atoms with Gasteiger partial charge < -0.3 is 14.5 Å². The van der Waals surface area contributed by atoms with E-state index in [1.807, 2.05) is 42.3 Å². The molecule has 7 nitrogen and oxygen atoms in total. The van der Waals surface area contributed by atoms with Crippen LogP contribution in [0, 0.1) is 0 Å². The van der Waals surface area contributed by atoms with Gasteiger partial charge in [0.1, 0.15) is 5.75 Å². The van der Waals surface area contributed by atoms with E-state index >= 15 is 0 Å². The molecule has 0 unspecified atom stereocenters. The minimum atomic E-state index is 0.0349. The summed E-state index contributed by atoms with van der Waals surface area (Å²) in [5, 5.41) is 5.10. The van der Waals surface area contributed by atoms with Crippen LogP contribution in [0.2, 0.25) is 0 Å². The number of nitrogens with zero attached hydrogens (tertiary/aromatic N) is 5. The molecule has 1 saturated heterocycles. The highest BCUT2D eigenvalue weighted by Gasteiger charge is 2.24. The minimum Gasteiger partial charge on any atom is -0.497 e. The van der Waals surface area contributed by atoms with Crippen molar-refractivity contribution in [2.75, 3.05) is 40.3 Å². The van der Waals surface area contributed by atoms with Crippen LogP contribution in [0.1, 0.15) is 10.4 Å². The number of fused-ring (bicyclic) bond motifs is 1. The topological polar surface area (TPSA) is 63.5 Å². The molecule has 0 atom stereocenters. The van der Waals surface area contributed by atoms with E-state index in [2.05, 4.69) is 17.0 Å². The maximum atomic E-state index is 13.3. The van der Waals surface area contributed by atoms with E-state index in [-0.39, 0.29) is 5.91 Å². The zero-order valence-electron chi connectivity index (χ0n) is 15.8. The van der Waals surface area contributed by atoms with Gasteiger partial charge in [0, 0.05) is 38.8 Å². The number of ether oxygens (including phenoxy) is 1. The molecular weight excluding hydrogens is 342 g/mol. The summed E-state index contributed by atoms with van der Waals surface area (Å²) in [5.41, 5.74) is 3.00. The number of hydrogen-bond donors (Lipinski definition) is 0. The number of carbonyl (C=O) groups is 1. The number of rotatable bonds is 3. The standard InChI is InChI=1S/C20H23N5O2/c1-23-7-9-25(10-8-23)20(26)16-12-18(14-5-4-6-15(11-14)27-3)22-19-17(16)13-21-24(19)2/h4-6,11-13H,7-10H2,1-3H3. The maximum Gasteiger partial charge on any atom is 0.254 e. The molecule has 1 aromatic carbocycles. The number of hydrogen-bond acceptors (Lipinski definition) is 5. The summed E-state index contributed by atoms with van der Waals surface area (Å²) < 4.78 is 7.04. The number of methoxy groups -OCH3 is 1. The molecule has 0 radical (unpaired) electrons. The number of benzene rings is 1. The van der Waals surface area contributed by atoms with Crippen LogP contribution in [0.25, 0.3) is 22.3 Å². The number of pyridine rings is 1. The summed E-state index contributed by atoms with van der Waals surface area (Å²) in [5.74, 6) is 0.791. The Kier molecular flexibility index (Phi) is 4.53. The fourth-order valence-electron chi connectivity index (χ4n) is 3.40. The second kappa shape index (κ2) is 7.00. The highest BCUT2D eigenvalue weighted by molar-refractivity contribution is 6.06. The first-order valence-corrected chi connectivity index (χ1v) is 9.02. The van der Waals surface area contributed by atoms with Crippen molar-refractivity contribution in [1.82, 2.24) is 24.6 Å². The fourth-order valence-corrected chi connectivity index (χ4v) is 3.40. The van der Waals surface area contributed by atoms with Crippen LogP contribution >= 0.6 is 0 Å². The van der Waals surface area contributed by atoms with Crippen molar-refractivity contribution >= 4 is 16.9 Å². The third-order valence-corrected chi connectivity index (χ3v) is 5.09. The van der Waals surface area contributed by atoms with Crippen molar-refractivity contribution in [3.05, 3.63) is 42.1 Å². The third-order valence-electron chi connectivity index (χ3n) is 5.09. The van der Waals surface area contributed by atoms with Crippen molar-refractivity contribution in [1.29, 1.82) is 0 Å². The molecule has 0 saturated carbocycles. The fraction of sp³-hybridized carbons (Fsp3) is 0.350. The van der Waals surface area contributed by atoms with Gasteiger partial charge in [0.15, 0.2) is 5.65 Å². The largest absolute Gasteiger partial charge is 0.497 e. The molecule has 1 fully saturated rings. The number of piperazine rings is 1. The second-order valence-electron chi connectivity index (χ2n) is 6.89. The molecule has 1 aliphatic rings. The van der Waals surface area contributed by atoms with Crippen molar-refractivity contribution in [2.45, 2.75) is 0 Å². The van der Waals surface area contributed by atoms with Crippen molar-refractivity contribution in [3.63, 3.8) is 0 Å². The lowest BCUT2D eigenvalue weighted by molar-refractivity contribution is 0.0666. The van der Waals surface area contributed by atoms with E-state index in [1.54, 1.807) is 18.0 Å². The van der Waals surface area contributed by atoms with Gasteiger partial charge in [-0.2, -0.15) is 5.10 Å². The average Bonchev–Trinajstić information content (AvgIpc) is 3.08. The van der Waals surface area contributed by atoms with Crippen LogP contribution in [-0.4, -0.2) is 70.8 Å². The molecule has 1 aliphatic heterocycles. The molecule has 0 spiro atoms. The summed E-state index contributed by atoms with van der Waals surface area (Å²) >= 11 is 0. The highest BCUT2D eigenvalue weighted by Crippen LogP contribution is 2.28. The van der Waals surface area contributed by atoms with Gasteiger partial charge in [-0.25, -0.2) is 4.98 Å². The van der Waals surface area contributed by atoms with Crippen molar-refractivity contribution in [3.8, 4) is 17.0 Å². The Morgan fingerprint density at radius 3 is 2.63 bits per heavy atom. The Hall–Kier alpha value is -2.93. The lowest BCUT2D eigenvalue weighted by atomic mass is 10.1. The molecule has 3 heterocycles. The minimum absolute atomic E-state index is 0.0349. The molecule has 4 rings (SSSR count). The molecule has 2 aromatic heterocycles. The van der Waals surface area contributed by atoms with E-state index in [0.717, 1.165) is 48.6 Å². The summed E-state index contributed by atoms with van der Waals surface area (Å²) in [4.78, 5) is 22.1. The predicted molar refractivity (Wildman–Crippen MR) is 104 cm³/mol. The first-order chi connectivity index (χ1) is 13.1. The van der Waals surface area contributed by atoms with Gasteiger partial charge in [0.05, 0.1) is 30.0 Å². The Morgan fingerprint density at radius 1 is 1.11 bits per heavy atom. The van der Waals surface area contributed by atoms with Gasteiger partial charge in [0.2, 0.25) is 0 Å². The van der Waals surface area contributed by atoms with Crippen LogP contribution < -0.4 is 4.74 Å². The molecule has 7 heteroatoms. The maximum absolute atomic E-state index is 13.3. The molecule has 0 aliphatic carbocycles. The molecule has 1 amide bonds. The Balaban J connectivity index is 1.80. The summed E-state index contributed by atoms with van der Waals surface area (Å²) in [6.07, 6.45) is 1.72. The molecule has 3 aromatic rings. The normalized spacial score (nSPS) is 15.3. The van der Waals surface area contributed by atoms with Gasteiger partial charge in [-0.15, -0.1) is 0 Å². The third kappa shape index (κ3) is 3.26. The van der Waals surface area contributed by atoms with E-state index in [1.165, 1.54) is 0 Å². The number of likely N-dealkylation sites (N-methyl/N-ethyl adjacent to an activating group) is 1. The predicted octanol–water partition coefficient (Wildman–Crippen LogP) is 2.03. The number of aromatic nitrogens is 3. The zero-order valence-corrected chi connectivity index (χ0v) is 15.8. The van der Waals surface area contributed by atoms with E-state index < -0.39 is 0 Å². The van der Waals surface area contributed by atoms with E-state index in [9.17, 15) is 4.79 Å². The first-order valence-electron chi connectivity index (χ1n) is 9.02. The van der Waals surface area contributed by atoms with Crippen molar-refractivity contribution in [2.24, 2.45) is 7.05 Å². The Labute approximate surface area is 158 Å². The smallest absolute Gasteiger partial charge is 0.254 e. The van der Waals surface area contributed by atoms with Crippen LogP contribution in [-0.2, 0) is 7.05 Å². The Morgan fingerprint density at radius 2 is 1.89 bits per heavy atom. The molecule has 0 N–H and O–H groups in total. The van der Waals surface area contributed by atoms with Crippen LogP contribution in [0.15, 0.2) is 36.5 Å². The highest BCUT2D eigenvalue weighted by atomic mass is 16.5. The van der Waals surface area contributed by atoms with Crippen LogP contribution in [0.3, 0.4) is 0 Å². The lowest BCUT2D eigenvalue weighted by Crippen LogP contribution is -2.47. The molecular formula is C20H23N5O2. The van der Waals surface area contributed by atoms with Crippen LogP contribution in [0.4, 0.5) is 0 Å². The molecule has 27 heavy (non-hydrogen) atoms. The first kappa shape index (κ1) is 17.5. The number of carbonyl (C=O) groups excluding carboxylic acids is 1. The molecule has 0 bridgehead atoms. The van der Waals surface area contributed by atoms with Crippen molar-refractivity contribution < 1.29 is 9.53 Å². The van der Waals surface area contributed by atoms with E-state index in [0.29, 0.717) is 11.2 Å². The monoisotopic (exact) mass is 365 g/mol.